The molecule has 18 heavy (non-hydrogen) atoms. The van der Waals surface area contributed by atoms with Gasteiger partial charge in [0, 0.05) is 18.0 Å². The quantitative estimate of drug-likeness (QED) is 0.793. The second kappa shape index (κ2) is 6.05. The Balaban J connectivity index is 1.84. The van der Waals surface area contributed by atoms with Crippen LogP contribution in [-0.4, -0.2) is 18.0 Å². The molecule has 2 saturated carbocycles. The summed E-state index contributed by atoms with van der Waals surface area (Å²) in [6.45, 7) is 4.44. The maximum atomic E-state index is 12.3. The standard InChI is InChI=1S/C15H28N2O/c1-10-5-3-4-6-14(10)17-15(18)12-7-8-13(16)11(2)9-12/h10-14H,3-9,16H2,1-2H3,(H,17,18). The van der Waals surface area contributed by atoms with Crippen molar-refractivity contribution >= 4 is 5.91 Å². The molecule has 1 amide bonds. The van der Waals surface area contributed by atoms with Gasteiger partial charge in [0.2, 0.25) is 5.91 Å². The highest BCUT2D eigenvalue weighted by atomic mass is 16.1. The molecule has 0 heterocycles. The van der Waals surface area contributed by atoms with Gasteiger partial charge >= 0.3 is 0 Å². The van der Waals surface area contributed by atoms with Gasteiger partial charge in [0.25, 0.3) is 0 Å². The summed E-state index contributed by atoms with van der Waals surface area (Å²) in [5.74, 6) is 1.62. The molecule has 0 aliphatic heterocycles. The zero-order valence-electron chi connectivity index (χ0n) is 11.8. The number of rotatable bonds is 2. The lowest BCUT2D eigenvalue weighted by Crippen LogP contribution is -2.46. The summed E-state index contributed by atoms with van der Waals surface area (Å²) in [6, 6.07) is 0.708. The van der Waals surface area contributed by atoms with Crippen molar-refractivity contribution in [2.45, 2.75) is 70.9 Å². The van der Waals surface area contributed by atoms with Gasteiger partial charge in [-0.3, -0.25) is 4.79 Å². The Labute approximate surface area is 111 Å². The van der Waals surface area contributed by atoms with E-state index in [4.69, 9.17) is 5.73 Å². The summed E-state index contributed by atoms with van der Waals surface area (Å²) in [5, 5.41) is 3.29. The number of hydrogen-bond acceptors (Lipinski definition) is 2. The van der Waals surface area contributed by atoms with Gasteiger partial charge in [-0.05, 0) is 43.9 Å². The van der Waals surface area contributed by atoms with Gasteiger partial charge in [0.05, 0.1) is 0 Å². The molecule has 0 aromatic carbocycles. The molecule has 2 rings (SSSR count). The zero-order chi connectivity index (χ0) is 13.1. The van der Waals surface area contributed by atoms with Gasteiger partial charge < -0.3 is 11.1 Å². The highest BCUT2D eigenvalue weighted by Gasteiger charge is 2.31. The van der Waals surface area contributed by atoms with Crippen LogP contribution in [-0.2, 0) is 4.79 Å². The molecule has 0 bridgehead atoms. The van der Waals surface area contributed by atoms with Crippen molar-refractivity contribution in [1.29, 1.82) is 0 Å². The predicted octanol–water partition coefficient (Wildman–Crippen LogP) is 2.44. The van der Waals surface area contributed by atoms with Crippen molar-refractivity contribution in [3.63, 3.8) is 0 Å². The summed E-state index contributed by atoms with van der Waals surface area (Å²) in [4.78, 5) is 12.3. The second-order valence-corrected chi connectivity index (χ2v) is 6.53. The molecule has 0 aromatic rings. The van der Waals surface area contributed by atoms with Gasteiger partial charge in [0.1, 0.15) is 0 Å². The normalized spacial score (nSPS) is 41.4. The Morgan fingerprint density at radius 1 is 1.06 bits per heavy atom. The van der Waals surface area contributed by atoms with Crippen LogP contribution in [0.25, 0.3) is 0 Å². The van der Waals surface area contributed by atoms with E-state index in [1.165, 1.54) is 19.3 Å². The van der Waals surface area contributed by atoms with Crippen molar-refractivity contribution < 1.29 is 4.79 Å². The number of amides is 1. The fraction of sp³-hybridized carbons (Fsp3) is 0.933. The summed E-state index contributed by atoms with van der Waals surface area (Å²) in [5.41, 5.74) is 6.02. The maximum absolute atomic E-state index is 12.3. The molecule has 3 N–H and O–H groups in total. The smallest absolute Gasteiger partial charge is 0.223 e. The van der Waals surface area contributed by atoms with E-state index in [0.29, 0.717) is 23.9 Å². The fourth-order valence-corrected chi connectivity index (χ4v) is 3.49. The summed E-state index contributed by atoms with van der Waals surface area (Å²) < 4.78 is 0. The fourth-order valence-electron chi connectivity index (χ4n) is 3.49. The van der Waals surface area contributed by atoms with Crippen LogP contribution in [0.3, 0.4) is 0 Å². The van der Waals surface area contributed by atoms with Crippen LogP contribution >= 0.6 is 0 Å². The summed E-state index contributed by atoms with van der Waals surface area (Å²) in [6.07, 6.45) is 7.95. The minimum absolute atomic E-state index is 0.203. The molecule has 0 saturated heterocycles. The zero-order valence-corrected chi connectivity index (χ0v) is 11.8. The maximum Gasteiger partial charge on any atom is 0.223 e. The number of carbonyl (C=O) groups is 1. The predicted molar refractivity (Wildman–Crippen MR) is 74.0 cm³/mol. The average molecular weight is 252 g/mol. The Morgan fingerprint density at radius 3 is 2.44 bits per heavy atom. The molecular formula is C15H28N2O. The van der Waals surface area contributed by atoms with Crippen LogP contribution in [0.5, 0.6) is 0 Å². The first-order chi connectivity index (χ1) is 8.58. The lowest BCUT2D eigenvalue weighted by molar-refractivity contribution is -0.127. The van der Waals surface area contributed by atoms with E-state index in [1.807, 2.05) is 0 Å². The van der Waals surface area contributed by atoms with E-state index in [9.17, 15) is 4.79 Å². The molecule has 5 unspecified atom stereocenters. The van der Waals surface area contributed by atoms with E-state index in [-0.39, 0.29) is 11.8 Å². The van der Waals surface area contributed by atoms with Crippen LogP contribution in [0.15, 0.2) is 0 Å². The first-order valence-electron chi connectivity index (χ1n) is 7.64. The Hall–Kier alpha value is -0.570. The van der Waals surface area contributed by atoms with Gasteiger partial charge in [0.15, 0.2) is 0 Å². The van der Waals surface area contributed by atoms with Crippen LogP contribution in [0.2, 0.25) is 0 Å². The minimum atomic E-state index is 0.203. The first kappa shape index (κ1) is 13.9. The number of carbonyl (C=O) groups excluding carboxylic acids is 1. The summed E-state index contributed by atoms with van der Waals surface area (Å²) >= 11 is 0. The molecule has 3 heteroatoms. The monoisotopic (exact) mass is 252 g/mol. The van der Waals surface area contributed by atoms with Crippen molar-refractivity contribution in [2.75, 3.05) is 0 Å². The Bertz CT molecular complexity index is 292. The average Bonchev–Trinajstić information content (AvgIpc) is 2.35. The Kier molecular flexibility index (Phi) is 4.66. The van der Waals surface area contributed by atoms with E-state index in [0.717, 1.165) is 25.7 Å². The molecule has 104 valence electrons. The third kappa shape index (κ3) is 3.25. The lowest BCUT2D eigenvalue weighted by Gasteiger charge is -2.34. The number of nitrogens with two attached hydrogens (primary N) is 1. The van der Waals surface area contributed by atoms with Crippen LogP contribution in [0.4, 0.5) is 0 Å². The van der Waals surface area contributed by atoms with E-state index in [2.05, 4.69) is 19.2 Å². The van der Waals surface area contributed by atoms with Gasteiger partial charge in [-0.25, -0.2) is 0 Å². The largest absolute Gasteiger partial charge is 0.353 e. The number of nitrogens with one attached hydrogen (secondary N) is 1. The molecular weight excluding hydrogens is 224 g/mol. The second-order valence-electron chi connectivity index (χ2n) is 6.53. The highest BCUT2D eigenvalue weighted by Crippen LogP contribution is 2.29. The Morgan fingerprint density at radius 2 is 1.78 bits per heavy atom. The molecule has 2 fully saturated rings. The molecule has 2 aliphatic carbocycles. The van der Waals surface area contributed by atoms with Crippen molar-refractivity contribution in [2.24, 2.45) is 23.5 Å². The minimum Gasteiger partial charge on any atom is -0.353 e. The number of hydrogen-bond donors (Lipinski definition) is 2. The third-order valence-electron chi connectivity index (χ3n) is 5.05. The van der Waals surface area contributed by atoms with Crippen molar-refractivity contribution in [1.82, 2.24) is 5.32 Å². The molecule has 3 nitrogen and oxygen atoms in total. The highest BCUT2D eigenvalue weighted by molar-refractivity contribution is 5.79. The molecule has 2 aliphatic rings. The van der Waals surface area contributed by atoms with Gasteiger partial charge in [-0.2, -0.15) is 0 Å². The van der Waals surface area contributed by atoms with Gasteiger partial charge in [-0.1, -0.05) is 26.7 Å². The SMILES string of the molecule is CC1CC(C(=O)NC2CCCCC2C)CCC1N. The van der Waals surface area contributed by atoms with Crippen LogP contribution in [0, 0.1) is 17.8 Å². The van der Waals surface area contributed by atoms with E-state index >= 15 is 0 Å². The van der Waals surface area contributed by atoms with Crippen molar-refractivity contribution in [3.8, 4) is 0 Å². The van der Waals surface area contributed by atoms with E-state index in [1.54, 1.807) is 0 Å². The molecule has 0 spiro atoms. The van der Waals surface area contributed by atoms with Crippen LogP contribution < -0.4 is 11.1 Å². The topological polar surface area (TPSA) is 55.1 Å². The molecule has 0 radical (unpaired) electrons. The summed E-state index contributed by atoms with van der Waals surface area (Å²) in [7, 11) is 0. The first-order valence-corrected chi connectivity index (χ1v) is 7.64. The van der Waals surface area contributed by atoms with E-state index < -0.39 is 0 Å². The lowest BCUT2D eigenvalue weighted by atomic mass is 9.78. The van der Waals surface area contributed by atoms with Gasteiger partial charge in [-0.15, -0.1) is 0 Å². The van der Waals surface area contributed by atoms with Crippen LogP contribution in [0.1, 0.15) is 58.8 Å². The molecule has 5 atom stereocenters. The third-order valence-corrected chi connectivity index (χ3v) is 5.05. The van der Waals surface area contributed by atoms with Crippen molar-refractivity contribution in [3.05, 3.63) is 0 Å². The molecule has 0 aromatic heterocycles.